The Morgan fingerprint density at radius 2 is 1.82 bits per heavy atom. The van der Waals surface area contributed by atoms with E-state index in [0.29, 0.717) is 31.1 Å². The zero-order valence-electron chi connectivity index (χ0n) is 23.3. The van der Waals surface area contributed by atoms with Gasteiger partial charge in [-0.05, 0) is 72.1 Å². The Kier molecular flexibility index (Phi) is 12.6. The normalized spacial score (nSPS) is 15.6. The maximum absolute atomic E-state index is 13.5. The molecule has 1 fully saturated rings. The van der Waals surface area contributed by atoms with E-state index in [1.807, 2.05) is 55.6 Å². The maximum Gasteiger partial charge on any atom is 0.328 e. The van der Waals surface area contributed by atoms with Gasteiger partial charge in [0.1, 0.15) is 6.04 Å². The van der Waals surface area contributed by atoms with Crippen LogP contribution in [0.4, 0.5) is 0 Å². The molecule has 0 unspecified atom stereocenters. The first-order valence-electron chi connectivity index (χ1n) is 13.6. The van der Waals surface area contributed by atoms with E-state index in [1.165, 1.54) is 39.2 Å². The Balaban J connectivity index is 1.82. The number of rotatable bonds is 14. The molecule has 2 aromatic carbocycles. The summed E-state index contributed by atoms with van der Waals surface area (Å²) in [5, 5.41) is 2.91. The van der Waals surface area contributed by atoms with Crippen LogP contribution in [0.15, 0.2) is 42.5 Å². The van der Waals surface area contributed by atoms with E-state index in [9.17, 15) is 9.59 Å². The Hall–Kier alpha value is -2.35. The van der Waals surface area contributed by atoms with Gasteiger partial charge in [0.05, 0.1) is 26.4 Å². The predicted octanol–water partition coefficient (Wildman–Crippen LogP) is 6.19. The van der Waals surface area contributed by atoms with Crippen LogP contribution in [-0.4, -0.2) is 56.9 Å². The van der Waals surface area contributed by atoms with Crippen molar-refractivity contribution in [3.8, 4) is 11.1 Å². The summed E-state index contributed by atoms with van der Waals surface area (Å²) in [7, 11) is 3.07. The largest absolute Gasteiger partial charge is 0.467 e. The summed E-state index contributed by atoms with van der Waals surface area (Å²) < 4.78 is 16.8. The molecule has 0 spiro atoms. The van der Waals surface area contributed by atoms with Gasteiger partial charge >= 0.3 is 5.97 Å². The number of carbonyl (C=O) groups excluding carboxylic acids is 2. The third-order valence-electron chi connectivity index (χ3n) is 7.32. The van der Waals surface area contributed by atoms with Crippen molar-refractivity contribution in [2.75, 3.05) is 32.8 Å². The van der Waals surface area contributed by atoms with Crippen LogP contribution in [-0.2, 0) is 25.6 Å². The lowest BCUT2D eigenvalue weighted by Crippen LogP contribution is -2.42. The van der Waals surface area contributed by atoms with Gasteiger partial charge in [-0.25, -0.2) is 4.79 Å². The second-order valence-corrected chi connectivity index (χ2v) is 11.1. The molecule has 7 heteroatoms. The second-order valence-electron chi connectivity index (χ2n) is 10.2. The summed E-state index contributed by atoms with van der Waals surface area (Å²) in [6, 6.07) is 13.1. The molecule has 2 aromatic rings. The van der Waals surface area contributed by atoms with Crippen molar-refractivity contribution < 1.29 is 23.8 Å². The van der Waals surface area contributed by atoms with E-state index >= 15 is 0 Å². The molecule has 2 atom stereocenters. The highest BCUT2D eigenvalue weighted by atomic mass is 32.2. The van der Waals surface area contributed by atoms with Gasteiger partial charge in [0.2, 0.25) is 0 Å². The number of thioether (sulfide) groups is 1. The zero-order chi connectivity index (χ0) is 27.3. The van der Waals surface area contributed by atoms with Crippen LogP contribution in [0.2, 0.25) is 0 Å². The van der Waals surface area contributed by atoms with Gasteiger partial charge in [-0.1, -0.05) is 62.4 Å². The van der Waals surface area contributed by atoms with Gasteiger partial charge in [0.15, 0.2) is 0 Å². The molecule has 0 saturated heterocycles. The number of ether oxygens (including phenoxy) is 3. The Morgan fingerprint density at radius 3 is 2.50 bits per heavy atom. The molecule has 38 heavy (non-hydrogen) atoms. The zero-order valence-corrected chi connectivity index (χ0v) is 24.1. The third kappa shape index (κ3) is 8.85. The molecular weight excluding hydrogens is 498 g/mol. The summed E-state index contributed by atoms with van der Waals surface area (Å²) in [5.74, 6) is 0.718. The van der Waals surface area contributed by atoms with E-state index in [2.05, 4.69) is 5.32 Å². The van der Waals surface area contributed by atoms with Crippen molar-refractivity contribution in [3.05, 3.63) is 59.2 Å². The number of methoxy groups -OCH3 is 2. The first kappa shape index (κ1) is 30.2. The fourth-order valence-electron chi connectivity index (χ4n) is 5.22. The Bertz CT molecular complexity index is 1040. The third-order valence-corrected chi connectivity index (χ3v) is 7.97. The van der Waals surface area contributed by atoms with Gasteiger partial charge in [-0.15, -0.1) is 0 Å². The van der Waals surface area contributed by atoms with Crippen LogP contribution in [0.5, 0.6) is 0 Å². The highest BCUT2D eigenvalue weighted by molar-refractivity contribution is 7.98. The Morgan fingerprint density at radius 1 is 1.05 bits per heavy atom. The van der Waals surface area contributed by atoms with E-state index in [1.54, 1.807) is 18.9 Å². The van der Waals surface area contributed by atoms with Gasteiger partial charge in [0.25, 0.3) is 5.91 Å². The fourth-order valence-corrected chi connectivity index (χ4v) is 5.69. The van der Waals surface area contributed by atoms with E-state index in [-0.39, 0.29) is 12.0 Å². The monoisotopic (exact) mass is 541 g/mol. The maximum atomic E-state index is 13.5. The number of nitrogens with one attached hydrogen (secondary N) is 1. The number of hydrogen-bond donors (Lipinski definition) is 1. The van der Waals surface area contributed by atoms with Crippen molar-refractivity contribution in [1.29, 1.82) is 0 Å². The first-order chi connectivity index (χ1) is 18.5. The van der Waals surface area contributed by atoms with Crippen LogP contribution < -0.4 is 5.32 Å². The molecule has 1 amide bonds. The molecule has 0 radical (unpaired) electrons. The molecule has 1 aliphatic carbocycles. The Labute approximate surface area is 232 Å². The van der Waals surface area contributed by atoms with E-state index in [0.717, 1.165) is 34.4 Å². The molecule has 208 valence electrons. The van der Waals surface area contributed by atoms with Crippen molar-refractivity contribution in [3.63, 3.8) is 0 Å². The summed E-state index contributed by atoms with van der Waals surface area (Å²) in [4.78, 5) is 25.8. The van der Waals surface area contributed by atoms with Crippen molar-refractivity contribution in [2.24, 2.45) is 5.92 Å². The van der Waals surface area contributed by atoms with Gasteiger partial charge in [-0.3, -0.25) is 4.79 Å². The number of carbonyl (C=O) groups is 2. The van der Waals surface area contributed by atoms with Crippen LogP contribution in [0, 0.1) is 12.8 Å². The molecule has 3 rings (SSSR count). The van der Waals surface area contributed by atoms with Crippen molar-refractivity contribution in [2.45, 2.75) is 70.6 Å². The summed E-state index contributed by atoms with van der Waals surface area (Å²) >= 11 is 1.62. The summed E-state index contributed by atoms with van der Waals surface area (Å²) in [5.41, 5.74) is 4.40. The number of amides is 1. The van der Waals surface area contributed by atoms with Gasteiger partial charge in [-0.2, -0.15) is 11.8 Å². The minimum absolute atomic E-state index is 0.0465. The first-order valence-corrected chi connectivity index (χ1v) is 15.0. The van der Waals surface area contributed by atoms with Crippen LogP contribution in [0.25, 0.3) is 11.1 Å². The lowest BCUT2D eigenvalue weighted by atomic mass is 9.85. The number of benzene rings is 2. The topological polar surface area (TPSA) is 73.9 Å². The minimum atomic E-state index is -0.692. The van der Waals surface area contributed by atoms with Gasteiger partial charge < -0.3 is 19.5 Å². The average Bonchev–Trinajstić information content (AvgIpc) is 2.94. The molecular formula is C31H43NO5S. The summed E-state index contributed by atoms with van der Waals surface area (Å²) in [6.45, 7) is 3.06. The van der Waals surface area contributed by atoms with Gasteiger partial charge in [0, 0.05) is 12.7 Å². The van der Waals surface area contributed by atoms with Crippen LogP contribution in [0.3, 0.4) is 0 Å². The fraction of sp³-hybridized carbons (Fsp3) is 0.548. The molecule has 0 heterocycles. The lowest BCUT2D eigenvalue weighted by molar-refractivity contribution is -0.142. The van der Waals surface area contributed by atoms with Crippen LogP contribution >= 0.6 is 11.8 Å². The minimum Gasteiger partial charge on any atom is -0.467 e. The summed E-state index contributed by atoms with van der Waals surface area (Å²) in [6.07, 6.45) is 10.0. The van der Waals surface area contributed by atoms with E-state index < -0.39 is 12.0 Å². The predicted molar refractivity (Wildman–Crippen MR) is 155 cm³/mol. The second kappa shape index (κ2) is 15.9. The smallest absolute Gasteiger partial charge is 0.328 e. The number of aryl methyl sites for hydroxylation is 1. The highest BCUT2D eigenvalue weighted by Crippen LogP contribution is 2.30. The van der Waals surface area contributed by atoms with Crippen molar-refractivity contribution in [1.82, 2.24) is 5.32 Å². The van der Waals surface area contributed by atoms with Crippen LogP contribution in [0.1, 0.15) is 66.4 Å². The number of esters is 1. The SMILES string of the molecule is COC[C@H](CC1CCCCC1)OCc1ccc(C(=O)N[C@@H](CCSC)C(=O)OC)c(-c2ccccc2C)c1. The number of hydrogen-bond acceptors (Lipinski definition) is 6. The highest BCUT2D eigenvalue weighted by Gasteiger charge is 2.24. The molecule has 0 aromatic heterocycles. The molecule has 1 saturated carbocycles. The van der Waals surface area contributed by atoms with E-state index in [4.69, 9.17) is 14.2 Å². The van der Waals surface area contributed by atoms with Crippen molar-refractivity contribution >= 4 is 23.6 Å². The average molecular weight is 542 g/mol. The molecule has 1 N–H and O–H groups in total. The standard InChI is InChI=1S/C31H43NO5S/c1-22-10-8-9-13-26(22)28-19-24(20-37-25(21-35-2)18-23-11-6-5-7-12-23)14-15-27(28)30(33)32-29(16-17-38-4)31(34)36-3/h8-10,13-15,19,23,25,29H,5-7,11-12,16-18,20-21H2,1-4H3,(H,32,33)/t25-,29-/m0/s1. The molecule has 0 aliphatic heterocycles. The lowest BCUT2D eigenvalue weighted by Gasteiger charge is -2.26. The quantitative estimate of drug-likeness (QED) is 0.288. The molecule has 0 bridgehead atoms. The molecule has 1 aliphatic rings. The molecule has 6 nitrogen and oxygen atoms in total.